The van der Waals surface area contributed by atoms with Crippen molar-refractivity contribution in [2.24, 2.45) is 0 Å². The highest BCUT2D eigenvalue weighted by atomic mass is 32.2. The number of hydrogen-bond acceptors (Lipinski definition) is 5. The molecule has 0 bridgehead atoms. The Morgan fingerprint density at radius 2 is 2.46 bits per heavy atom. The van der Waals surface area contributed by atoms with E-state index in [1.165, 1.54) is 11.5 Å². The van der Waals surface area contributed by atoms with Crippen LogP contribution in [0.2, 0.25) is 0 Å². The van der Waals surface area contributed by atoms with Gasteiger partial charge in [-0.1, -0.05) is 11.8 Å². The lowest BCUT2D eigenvalue weighted by atomic mass is 10.3. The minimum atomic E-state index is -0.742. The molecule has 1 heterocycles. The van der Waals surface area contributed by atoms with Gasteiger partial charge in [0.1, 0.15) is 5.82 Å². The zero-order valence-corrected chi connectivity index (χ0v) is 8.82. The number of carbonyl (C=O) groups is 1. The van der Waals surface area contributed by atoms with Crippen LogP contribution >= 0.6 is 23.3 Å². The first-order valence-electron chi connectivity index (χ1n) is 3.83. The normalized spacial score (nSPS) is 10.2. The molecule has 72 valence electrons. The second-order valence-corrected chi connectivity index (χ2v) is 4.55. The minimum absolute atomic E-state index is 0.227. The van der Waals surface area contributed by atoms with Crippen LogP contribution in [0.3, 0.4) is 0 Å². The highest BCUT2D eigenvalue weighted by Gasteiger charge is 2.01. The fraction of sp³-hybridized carbons (Fsp3) is 0.571. The van der Waals surface area contributed by atoms with Gasteiger partial charge in [0.25, 0.3) is 0 Å². The van der Waals surface area contributed by atoms with Crippen molar-refractivity contribution in [1.29, 1.82) is 0 Å². The maximum atomic E-state index is 10.2. The van der Waals surface area contributed by atoms with E-state index in [-0.39, 0.29) is 6.42 Å². The lowest BCUT2D eigenvalue weighted by molar-refractivity contribution is -0.137. The van der Waals surface area contributed by atoms with E-state index in [1.54, 1.807) is 11.8 Å². The van der Waals surface area contributed by atoms with E-state index in [4.69, 9.17) is 5.11 Å². The second kappa shape index (κ2) is 5.18. The van der Waals surface area contributed by atoms with Crippen molar-refractivity contribution in [3.05, 3.63) is 5.82 Å². The molecule has 0 aliphatic rings. The fourth-order valence-corrected chi connectivity index (χ4v) is 2.38. The summed E-state index contributed by atoms with van der Waals surface area (Å²) in [5, 5.41) is 8.38. The van der Waals surface area contributed by atoms with Crippen LogP contribution in [0.1, 0.15) is 18.7 Å². The van der Waals surface area contributed by atoms with Gasteiger partial charge in [-0.2, -0.15) is 4.37 Å². The number of carboxylic acids is 1. The van der Waals surface area contributed by atoms with Gasteiger partial charge in [-0.25, -0.2) is 4.98 Å². The molecule has 0 saturated heterocycles. The Bertz CT molecular complexity index is 288. The molecule has 0 unspecified atom stereocenters. The number of aromatic nitrogens is 2. The Morgan fingerprint density at radius 3 is 3.00 bits per heavy atom. The molecule has 0 saturated carbocycles. The summed E-state index contributed by atoms with van der Waals surface area (Å²) < 4.78 is 4.94. The third-order valence-corrected chi connectivity index (χ3v) is 3.28. The Morgan fingerprint density at radius 1 is 1.69 bits per heavy atom. The van der Waals surface area contributed by atoms with Crippen LogP contribution in [-0.2, 0) is 4.79 Å². The average Bonchev–Trinajstić information content (AvgIpc) is 2.45. The zero-order chi connectivity index (χ0) is 9.68. The Kier molecular flexibility index (Phi) is 4.17. The smallest absolute Gasteiger partial charge is 0.303 e. The Hall–Kier alpha value is -0.620. The molecule has 0 fully saturated rings. The van der Waals surface area contributed by atoms with Crippen molar-refractivity contribution in [1.82, 2.24) is 9.36 Å². The maximum Gasteiger partial charge on any atom is 0.303 e. The van der Waals surface area contributed by atoms with Gasteiger partial charge in [0.2, 0.25) is 0 Å². The van der Waals surface area contributed by atoms with E-state index in [1.807, 2.05) is 6.92 Å². The number of aryl methyl sites for hydroxylation is 1. The van der Waals surface area contributed by atoms with Gasteiger partial charge in [0.05, 0.1) is 0 Å². The summed E-state index contributed by atoms with van der Waals surface area (Å²) in [6, 6.07) is 0. The van der Waals surface area contributed by atoms with Crippen molar-refractivity contribution >= 4 is 29.3 Å². The SMILES string of the molecule is Cc1nsc(SCCCC(=O)O)n1. The van der Waals surface area contributed by atoms with Gasteiger partial charge < -0.3 is 5.11 Å². The van der Waals surface area contributed by atoms with E-state index in [0.717, 1.165) is 15.9 Å². The van der Waals surface area contributed by atoms with E-state index in [0.29, 0.717) is 6.42 Å². The molecule has 1 rings (SSSR count). The highest BCUT2D eigenvalue weighted by molar-refractivity contribution is 8.00. The molecule has 0 aliphatic carbocycles. The molecule has 0 spiro atoms. The summed E-state index contributed by atoms with van der Waals surface area (Å²) in [4.78, 5) is 14.3. The summed E-state index contributed by atoms with van der Waals surface area (Å²) in [6.45, 7) is 1.85. The summed E-state index contributed by atoms with van der Waals surface area (Å²) in [7, 11) is 0. The topological polar surface area (TPSA) is 63.1 Å². The van der Waals surface area contributed by atoms with Crippen LogP contribution in [-0.4, -0.2) is 26.2 Å². The van der Waals surface area contributed by atoms with E-state index in [2.05, 4.69) is 9.36 Å². The monoisotopic (exact) mass is 218 g/mol. The van der Waals surface area contributed by atoms with Gasteiger partial charge in [-0.15, -0.1) is 0 Å². The van der Waals surface area contributed by atoms with E-state index in [9.17, 15) is 4.79 Å². The molecule has 13 heavy (non-hydrogen) atoms. The van der Waals surface area contributed by atoms with Gasteiger partial charge in [0.15, 0.2) is 4.34 Å². The first kappa shape index (κ1) is 10.5. The maximum absolute atomic E-state index is 10.2. The van der Waals surface area contributed by atoms with Crippen LogP contribution in [0.5, 0.6) is 0 Å². The zero-order valence-electron chi connectivity index (χ0n) is 7.19. The van der Waals surface area contributed by atoms with Crippen LogP contribution in [0.25, 0.3) is 0 Å². The lowest BCUT2D eigenvalue weighted by Crippen LogP contribution is -1.94. The third-order valence-electron chi connectivity index (χ3n) is 1.27. The predicted molar refractivity (Wildman–Crippen MR) is 52.2 cm³/mol. The molecule has 4 nitrogen and oxygen atoms in total. The first-order chi connectivity index (χ1) is 6.18. The molecule has 0 aromatic carbocycles. The quantitative estimate of drug-likeness (QED) is 0.603. The molecule has 1 aromatic heterocycles. The molecule has 6 heteroatoms. The summed E-state index contributed by atoms with van der Waals surface area (Å²) in [5.41, 5.74) is 0. The molecule has 0 amide bonds. The van der Waals surface area contributed by atoms with Crippen LogP contribution < -0.4 is 0 Å². The predicted octanol–water partition coefficient (Wildman–Crippen LogP) is 1.80. The highest BCUT2D eigenvalue weighted by Crippen LogP contribution is 2.20. The second-order valence-electron chi connectivity index (χ2n) is 2.45. The number of nitrogens with zero attached hydrogens (tertiary/aromatic N) is 2. The number of carboxylic acid groups (broad SMARTS) is 1. The molecular formula is C7H10N2O2S2. The summed E-state index contributed by atoms with van der Waals surface area (Å²) >= 11 is 2.93. The Balaban J connectivity index is 2.16. The van der Waals surface area contributed by atoms with Crippen molar-refractivity contribution in [2.75, 3.05) is 5.75 Å². The van der Waals surface area contributed by atoms with Crippen LogP contribution in [0, 0.1) is 6.92 Å². The third kappa shape index (κ3) is 4.23. The largest absolute Gasteiger partial charge is 0.481 e. The van der Waals surface area contributed by atoms with Gasteiger partial charge >= 0.3 is 5.97 Å². The summed E-state index contributed by atoms with van der Waals surface area (Å²) in [5.74, 6) is 0.834. The van der Waals surface area contributed by atoms with E-state index >= 15 is 0 Å². The minimum Gasteiger partial charge on any atom is -0.481 e. The molecule has 0 radical (unpaired) electrons. The van der Waals surface area contributed by atoms with Crippen molar-refractivity contribution in [2.45, 2.75) is 24.1 Å². The number of thioether (sulfide) groups is 1. The molecule has 0 atom stereocenters. The van der Waals surface area contributed by atoms with Gasteiger partial charge in [0, 0.05) is 12.2 Å². The molecule has 1 aromatic rings. The Labute approximate surface area is 84.6 Å². The molecular weight excluding hydrogens is 208 g/mol. The fourth-order valence-electron chi connectivity index (χ4n) is 0.720. The number of hydrogen-bond donors (Lipinski definition) is 1. The first-order valence-corrected chi connectivity index (χ1v) is 5.59. The van der Waals surface area contributed by atoms with Crippen molar-refractivity contribution < 1.29 is 9.90 Å². The van der Waals surface area contributed by atoms with E-state index < -0.39 is 5.97 Å². The van der Waals surface area contributed by atoms with Gasteiger partial charge in [-0.05, 0) is 24.9 Å². The molecule has 1 N–H and O–H groups in total. The van der Waals surface area contributed by atoms with Crippen molar-refractivity contribution in [3.63, 3.8) is 0 Å². The number of aliphatic carboxylic acids is 1. The van der Waals surface area contributed by atoms with Gasteiger partial charge in [-0.3, -0.25) is 4.79 Å². The van der Waals surface area contributed by atoms with Crippen LogP contribution in [0.15, 0.2) is 4.34 Å². The lowest BCUT2D eigenvalue weighted by Gasteiger charge is -1.93. The van der Waals surface area contributed by atoms with Crippen LogP contribution in [0.4, 0.5) is 0 Å². The average molecular weight is 218 g/mol. The summed E-state index contributed by atoms with van der Waals surface area (Å²) in [6.07, 6.45) is 0.906. The van der Waals surface area contributed by atoms with Crippen molar-refractivity contribution in [3.8, 4) is 0 Å². The standard InChI is InChI=1S/C7H10N2O2S2/c1-5-8-7(13-9-5)12-4-2-3-6(10)11/h2-4H2,1H3,(H,10,11). The molecule has 0 aliphatic heterocycles. The number of rotatable bonds is 5.